The highest BCUT2D eigenvalue weighted by Gasteiger charge is 2.34. The summed E-state index contributed by atoms with van der Waals surface area (Å²) in [7, 11) is 0. The summed E-state index contributed by atoms with van der Waals surface area (Å²) in [6, 6.07) is 0.819. The summed E-state index contributed by atoms with van der Waals surface area (Å²) in [5.41, 5.74) is 0. The molecule has 0 aromatic carbocycles. The highest BCUT2D eigenvalue weighted by atomic mass is 15.6. The van der Waals surface area contributed by atoms with Crippen LogP contribution in [0.5, 0.6) is 0 Å². The molecular weight excluding hydrogens is 304 g/mol. The van der Waals surface area contributed by atoms with Crippen LogP contribution >= 0.6 is 0 Å². The van der Waals surface area contributed by atoms with Crippen LogP contribution in [0.1, 0.15) is 74.5 Å². The standard InChI is InChI=1S/C16H24N8/c1-11(15-19-20-21-24(15)13-4-5-13)22-9-6-12(7-10-22)16-18-17-14-3-2-8-23(14)16/h11-13H,2-10H2,1H3. The molecule has 0 radical (unpaired) electrons. The van der Waals surface area contributed by atoms with E-state index in [0.717, 1.165) is 44.7 Å². The van der Waals surface area contributed by atoms with Crippen LogP contribution in [0.4, 0.5) is 0 Å². The Bertz CT molecular complexity index is 722. The second-order valence-electron chi connectivity index (χ2n) is 7.43. The number of tetrazole rings is 1. The third-order valence-corrected chi connectivity index (χ3v) is 5.87. The lowest BCUT2D eigenvalue weighted by atomic mass is 9.95. The van der Waals surface area contributed by atoms with E-state index in [2.05, 4.69) is 42.1 Å². The fraction of sp³-hybridized carbons (Fsp3) is 0.812. The Balaban J connectivity index is 1.27. The third-order valence-electron chi connectivity index (χ3n) is 5.87. The van der Waals surface area contributed by atoms with Gasteiger partial charge in [-0.2, -0.15) is 0 Å². The van der Waals surface area contributed by atoms with Gasteiger partial charge in [0.15, 0.2) is 5.82 Å². The van der Waals surface area contributed by atoms with Gasteiger partial charge in [0, 0.05) is 18.9 Å². The largest absolute Gasteiger partial charge is 0.315 e. The van der Waals surface area contributed by atoms with Gasteiger partial charge in [-0.3, -0.25) is 4.90 Å². The van der Waals surface area contributed by atoms with Crippen LogP contribution in [0, 0.1) is 0 Å². The van der Waals surface area contributed by atoms with E-state index < -0.39 is 0 Å². The van der Waals surface area contributed by atoms with Crippen LogP contribution in [0.3, 0.4) is 0 Å². The minimum absolute atomic E-state index is 0.283. The molecule has 5 rings (SSSR count). The van der Waals surface area contributed by atoms with Gasteiger partial charge in [0.1, 0.15) is 11.6 Å². The quantitative estimate of drug-likeness (QED) is 0.846. The highest BCUT2D eigenvalue weighted by Crippen LogP contribution is 2.37. The molecule has 0 bridgehead atoms. The van der Waals surface area contributed by atoms with Crippen LogP contribution in [-0.4, -0.2) is 53.0 Å². The first-order valence-electron chi connectivity index (χ1n) is 9.25. The van der Waals surface area contributed by atoms with E-state index in [1.54, 1.807) is 0 Å². The number of nitrogens with zero attached hydrogens (tertiary/aromatic N) is 8. The Morgan fingerprint density at radius 1 is 1.00 bits per heavy atom. The summed E-state index contributed by atoms with van der Waals surface area (Å²) in [6.45, 7) is 5.49. The zero-order valence-corrected chi connectivity index (χ0v) is 14.2. The molecule has 1 unspecified atom stereocenters. The molecule has 1 aliphatic carbocycles. The summed E-state index contributed by atoms with van der Waals surface area (Å²) in [4.78, 5) is 2.52. The number of hydrogen-bond acceptors (Lipinski definition) is 6. The van der Waals surface area contributed by atoms with Gasteiger partial charge in [0.25, 0.3) is 0 Å². The van der Waals surface area contributed by atoms with Gasteiger partial charge < -0.3 is 4.57 Å². The summed E-state index contributed by atoms with van der Waals surface area (Å²) in [5, 5.41) is 21.3. The summed E-state index contributed by atoms with van der Waals surface area (Å²) >= 11 is 0. The molecule has 1 saturated carbocycles. The summed E-state index contributed by atoms with van der Waals surface area (Å²) < 4.78 is 4.40. The number of piperidine rings is 1. The first kappa shape index (κ1) is 14.5. The van der Waals surface area contributed by atoms with E-state index in [1.807, 2.05) is 4.68 Å². The Morgan fingerprint density at radius 3 is 2.62 bits per heavy atom. The van der Waals surface area contributed by atoms with Crippen LogP contribution in [-0.2, 0) is 13.0 Å². The molecule has 2 aromatic heterocycles. The predicted octanol–water partition coefficient (Wildman–Crippen LogP) is 1.49. The fourth-order valence-electron chi connectivity index (χ4n) is 4.24. The highest BCUT2D eigenvalue weighted by molar-refractivity contribution is 5.07. The molecule has 1 saturated heterocycles. The van der Waals surface area contributed by atoms with E-state index >= 15 is 0 Å². The van der Waals surface area contributed by atoms with E-state index in [0.29, 0.717) is 12.0 Å². The maximum atomic E-state index is 4.48. The van der Waals surface area contributed by atoms with Crippen molar-refractivity contribution in [1.82, 2.24) is 39.9 Å². The third kappa shape index (κ3) is 2.35. The van der Waals surface area contributed by atoms with Crippen molar-refractivity contribution in [2.45, 2.75) is 70.0 Å². The van der Waals surface area contributed by atoms with E-state index in [1.165, 1.54) is 30.9 Å². The first-order chi connectivity index (χ1) is 11.8. The molecule has 8 nitrogen and oxygen atoms in total. The second-order valence-corrected chi connectivity index (χ2v) is 7.43. The van der Waals surface area contributed by atoms with Gasteiger partial charge >= 0.3 is 0 Å². The van der Waals surface area contributed by atoms with Crippen molar-refractivity contribution in [3.8, 4) is 0 Å². The van der Waals surface area contributed by atoms with Crippen LogP contribution in [0.25, 0.3) is 0 Å². The molecule has 3 aliphatic rings. The topological polar surface area (TPSA) is 77.6 Å². The lowest BCUT2D eigenvalue weighted by molar-refractivity contribution is 0.150. The van der Waals surface area contributed by atoms with Crippen LogP contribution in [0.15, 0.2) is 0 Å². The predicted molar refractivity (Wildman–Crippen MR) is 86.4 cm³/mol. The molecule has 0 spiro atoms. The molecular formula is C16H24N8. The van der Waals surface area contributed by atoms with Crippen LogP contribution < -0.4 is 0 Å². The van der Waals surface area contributed by atoms with Crippen molar-refractivity contribution in [1.29, 1.82) is 0 Å². The first-order valence-corrected chi connectivity index (χ1v) is 9.25. The molecule has 8 heteroatoms. The molecule has 2 aromatic rings. The molecule has 0 amide bonds. The number of rotatable bonds is 4. The Morgan fingerprint density at radius 2 is 1.83 bits per heavy atom. The SMILES string of the molecule is CC(c1nnnn1C1CC1)N1CCC(c2nnc3n2CCC3)CC1. The molecule has 128 valence electrons. The maximum absolute atomic E-state index is 4.48. The molecule has 1 atom stereocenters. The van der Waals surface area contributed by atoms with Gasteiger partial charge in [0.2, 0.25) is 0 Å². The average molecular weight is 328 g/mol. The van der Waals surface area contributed by atoms with E-state index in [-0.39, 0.29) is 6.04 Å². The second kappa shape index (κ2) is 5.61. The molecule has 0 N–H and O–H groups in total. The van der Waals surface area contributed by atoms with Crippen molar-refractivity contribution in [2.75, 3.05) is 13.1 Å². The molecule has 2 aliphatic heterocycles. The zero-order valence-electron chi connectivity index (χ0n) is 14.2. The fourth-order valence-corrected chi connectivity index (χ4v) is 4.24. The number of hydrogen-bond donors (Lipinski definition) is 0. The smallest absolute Gasteiger partial charge is 0.168 e. The molecule has 4 heterocycles. The van der Waals surface area contributed by atoms with Gasteiger partial charge in [-0.25, -0.2) is 4.68 Å². The van der Waals surface area contributed by atoms with Crippen molar-refractivity contribution >= 4 is 0 Å². The molecule has 24 heavy (non-hydrogen) atoms. The minimum atomic E-state index is 0.283. The Labute approximate surface area is 141 Å². The van der Waals surface area contributed by atoms with E-state index in [9.17, 15) is 0 Å². The monoisotopic (exact) mass is 328 g/mol. The van der Waals surface area contributed by atoms with Crippen LogP contribution in [0.2, 0.25) is 0 Å². The summed E-state index contributed by atoms with van der Waals surface area (Å²) in [6.07, 6.45) is 7.03. The summed E-state index contributed by atoms with van der Waals surface area (Å²) in [5.74, 6) is 3.98. The van der Waals surface area contributed by atoms with Gasteiger partial charge in [-0.15, -0.1) is 15.3 Å². The lowest BCUT2D eigenvalue weighted by Crippen LogP contribution is -2.36. The van der Waals surface area contributed by atoms with Crippen molar-refractivity contribution in [2.24, 2.45) is 0 Å². The number of aryl methyl sites for hydroxylation is 1. The molecule has 2 fully saturated rings. The lowest BCUT2D eigenvalue weighted by Gasteiger charge is -2.35. The van der Waals surface area contributed by atoms with Gasteiger partial charge in [0.05, 0.1) is 12.1 Å². The normalized spacial score (nSPS) is 23.5. The van der Waals surface area contributed by atoms with E-state index in [4.69, 9.17) is 0 Å². The number of fused-ring (bicyclic) bond motifs is 1. The van der Waals surface area contributed by atoms with Crippen molar-refractivity contribution < 1.29 is 0 Å². The van der Waals surface area contributed by atoms with Crippen molar-refractivity contribution in [3.05, 3.63) is 17.5 Å². The Hall–Kier alpha value is -1.83. The Kier molecular flexibility index (Phi) is 3.39. The minimum Gasteiger partial charge on any atom is -0.315 e. The number of likely N-dealkylation sites (tertiary alicyclic amines) is 1. The average Bonchev–Trinajstić information content (AvgIpc) is 3.02. The zero-order chi connectivity index (χ0) is 16.1. The van der Waals surface area contributed by atoms with Gasteiger partial charge in [-0.1, -0.05) is 0 Å². The van der Waals surface area contributed by atoms with Crippen molar-refractivity contribution in [3.63, 3.8) is 0 Å². The van der Waals surface area contributed by atoms with Gasteiger partial charge in [-0.05, 0) is 62.5 Å². The maximum Gasteiger partial charge on any atom is 0.168 e. The number of aromatic nitrogens is 7.